The van der Waals surface area contributed by atoms with E-state index in [9.17, 15) is 0 Å². The number of hydrogen-bond acceptors (Lipinski definition) is 2. The predicted octanol–water partition coefficient (Wildman–Crippen LogP) is 3.32. The third-order valence-corrected chi connectivity index (χ3v) is 3.59. The molecular formula is C15H24ClNO. The second kappa shape index (κ2) is 8.52. The normalized spacial score (nSPS) is 19.3. The molecule has 0 saturated carbocycles. The number of halogens is 1. The molecule has 0 aromatic heterocycles. The van der Waals surface area contributed by atoms with Gasteiger partial charge in [0.1, 0.15) is 0 Å². The van der Waals surface area contributed by atoms with Crippen LogP contribution in [0.4, 0.5) is 0 Å². The number of nitrogens with one attached hydrogen (secondary N) is 1. The van der Waals surface area contributed by atoms with Gasteiger partial charge in [0.05, 0.1) is 6.61 Å². The van der Waals surface area contributed by atoms with Crippen LogP contribution in [0.3, 0.4) is 0 Å². The second-order valence-corrected chi connectivity index (χ2v) is 4.98. The van der Waals surface area contributed by atoms with Gasteiger partial charge in [0.2, 0.25) is 0 Å². The molecule has 1 aromatic carbocycles. The third kappa shape index (κ3) is 4.97. The van der Waals surface area contributed by atoms with Gasteiger partial charge in [-0.2, -0.15) is 0 Å². The van der Waals surface area contributed by atoms with Gasteiger partial charge in [-0.05, 0) is 56.3 Å². The molecule has 0 aliphatic carbocycles. The first-order valence-electron chi connectivity index (χ1n) is 6.69. The Morgan fingerprint density at radius 1 is 1.33 bits per heavy atom. The van der Waals surface area contributed by atoms with Crippen molar-refractivity contribution in [1.82, 2.24) is 5.32 Å². The molecule has 1 aromatic rings. The SMILES string of the molecule is Cc1ccccc1COCCC1CCCNC1.Cl. The van der Waals surface area contributed by atoms with E-state index in [4.69, 9.17) is 4.74 Å². The number of hydrogen-bond donors (Lipinski definition) is 1. The van der Waals surface area contributed by atoms with Crippen LogP contribution in [0.2, 0.25) is 0 Å². The van der Waals surface area contributed by atoms with Crippen molar-refractivity contribution in [2.75, 3.05) is 19.7 Å². The van der Waals surface area contributed by atoms with Gasteiger partial charge in [-0.15, -0.1) is 12.4 Å². The average Bonchev–Trinajstić information content (AvgIpc) is 2.38. The van der Waals surface area contributed by atoms with Crippen molar-refractivity contribution in [2.45, 2.75) is 32.8 Å². The second-order valence-electron chi connectivity index (χ2n) is 4.98. The highest BCUT2D eigenvalue weighted by atomic mass is 35.5. The minimum atomic E-state index is 0. The molecule has 2 rings (SSSR count). The number of ether oxygens (including phenoxy) is 1. The molecule has 102 valence electrons. The molecule has 1 saturated heterocycles. The van der Waals surface area contributed by atoms with Crippen LogP contribution in [0.15, 0.2) is 24.3 Å². The monoisotopic (exact) mass is 269 g/mol. The van der Waals surface area contributed by atoms with E-state index < -0.39 is 0 Å². The zero-order chi connectivity index (χ0) is 11.9. The minimum Gasteiger partial charge on any atom is -0.377 e. The van der Waals surface area contributed by atoms with E-state index in [-0.39, 0.29) is 12.4 Å². The topological polar surface area (TPSA) is 21.3 Å². The van der Waals surface area contributed by atoms with E-state index in [2.05, 4.69) is 36.5 Å². The van der Waals surface area contributed by atoms with E-state index in [1.807, 2.05) is 0 Å². The van der Waals surface area contributed by atoms with E-state index >= 15 is 0 Å². The largest absolute Gasteiger partial charge is 0.377 e. The number of aryl methyl sites for hydroxylation is 1. The smallest absolute Gasteiger partial charge is 0.0719 e. The van der Waals surface area contributed by atoms with Crippen LogP contribution in [0, 0.1) is 12.8 Å². The molecule has 2 nitrogen and oxygen atoms in total. The Morgan fingerprint density at radius 3 is 2.89 bits per heavy atom. The minimum absolute atomic E-state index is 0. The Kier molecular flexibility index (Phi) is 7.33. The van der Waals surface area contributed by atoms with Gasteiger partial charge in [-0.25, -0.2) is 0 Å². The molecule has 1 unspecified atom stereocenters. The quantitative estimate of drug-likeness (QED) is 0.828. The Bertz CT molecular complexity index is 337. The molecule has 1 N–H and O–H groups in total. The van der Waals surface area contributed by atoms with Crippen molar-refractivity contribution in [3.8, 4) is 0 Å². The molecule has 0 bridgehead atoms. The fraction of sp³-hybridized carbons (Fsp3) is 0.600. The average molecular weight is 270 g/mol. The molecule has 1 aliphatic heterocycles. The zero-order valence-corrected chi connectivity index (χ0v) is 12.0. The Hall–Kier alpha value is -0.570. The zero-order valence-electron chi connectivity index (χ0n) is 11.2. The van der Waals surface area contributed by atoms with Crippen molar-refractivity contribution in [3.05, 3.63) is 35.4 Å². The van der Waals surface area contributed by atoms with Crippen LogP contribution in [0.25, 0.3) is 0 Å². The van der Waals surface area contributed by atoms with Crippen LogP contribution in [-0.4, -0.2) is 19.7 Å². The van der Waals surface area contributed by atoms with Gasteiger partial charge in [-0.3, -0.25) is 0 Å². The van der Waals surface area contributed by atoms with Gasteiger partial charge in [0, 0.05) is 6.61 Å². The van der Waals surface area contributed by atoms with Gasteiger partial charge >= 0.3 is 0 Å². The summed E-state index contributed by atoms with van der Waals surface area (Å²) in [6.07, 6.45) is 3.88. The van der Waals surface area contributed by atoms with Crippen LogP contribution < -0.4 is 5.32 Å². The highest BCUT2D eigenvalue weighted by Gasteiger charge is 2.12. The standard InChI is InChI=1S/C15H23NO.ClH/c1-13-5-2-3-7-15(13)12-17-10-8-14-6-4-9-16-11-14;/h2-3,5,7,14,16H,4,6,8-12H2,1H3;1H. The van der Waals surface area contributed by atoms with Crippen molar-refractivity contribution in [2.24, 2.45) is 5.92 Å². The molecule has 1 atom stereocenters. The molecule has 1 heterocycles. The van der Waals surface area contributed by atoms with E-state index in [0.29, 0.717) is 0 Å². The van der Waals surface area contributed by atoms with Gasteiger partial charge in [-0.1, -0.05) is 24.3 Å². The first-order chi connectivity index (χ1) is 8.36. The molecule has 0 spiro atoms. The molecule has 3 heteroatoms. The summed E-state index contributed by atoms with van der Waals surface area (Å²) in [5, 5.41) is 3.45. The fourth-order valence-electron chi connectivity index (χ4n) is 2.37. The summed E-state index contributed by atoms with van der Waals surface area (Å²) >= 11 is 0. The van der Waals surface area contributed by atoms with E-state index in [1.54, 1.807) is 0 Å². The van der Waals surface area contributed by atoms with Crippen LogP contribution in [0.5, 0.6) is 0 Å². The summed E-state index contributed by atoms with van der Waals surface area (Å²) < 4.78 is 5.78. The molecule has 0 amide bonds. The molecular weight excluding hydrogens is 246 g/mol. The van der Waals surface area contributed by atoms with Gasteiger partial charge < -0.3 is 10.1 Å². The van der Waals surface area contributed by atoms with Crippen molar-refractivity contribution < 1.29 is 4.74 Å². The van der Waals surface area contributed by atoms with Crippen LogP contribution >= 0.6 is 12.4 Å². The molecule has 18 heavy (non-hydrogen) atoms. The summed E-state index contributed by atoms with van der Waals surface area (Å²) in [6.45, 7) is 6.16. The summed E-state index contributed by atoms with van der Waals surface area (Å²) in [5.74, 6) is 0.820. The highest BCUT2D eigenvalue weighted by Crippen LogP contribution is 2.14. The lowest BCUT2D eigenvalue weighted by Gasteiger charge is -2.22. The lowest BCUT2D eigenvalue weighted by molar-refractivity contribution is 0.103. The highest BCUT2D eigenvalue weighted by molar-refractivity contribution is 5.85. The van der Waals surface area contributed by atoms with E-state index in [0.717, 1.165) is 19.1 Å². The Labute approximate surface area is 117 Å². The van der Waals surface area contributed by atoms with Crippen molar-refractivity contribution in [1.29, 1.82) is 0 Å². The molecule has 1 aliphatic rings. The Morgan fingerprint density at radius 2 is 2.17 bits per heavy atom. The maximum Gasteiger partial charge on any atom is 0.0719 e. The Balaban J connectivity index is 0.00000162. The summed E-state index contributed by atoms with van der Waals surface area (Å²) in [6, 6.07) is 8.45. The van der Waals surface area contributed by atoms with E-state index in [1.165, 1.54) is 43.5 Å². The molecule has 1 fully saturated rings. The van der Waals surface area contributed by atoms with Gasteiger partial charge in [0.15, 0.2) is 0 Å². The van der Waals surface area contributed by atoms with Crippen LogP contribution in [-0.2, 0) is 11.3 Å². The number of benzene rings is 1. The first-order valence-corrected chi connectivity index (χ1v) is 6.69. The van der Waals surface area contributed by atoms with Gasteiger partial charge in [0.25, 0.3) is 0 Å². The summed E-state index contributed by atoms with van der Waals surface area (Å²) in [7, 11) is 0. The lowest BCUT2D eigenvalue weighted by Crippen LogP contribution is -2.30. The first kappa shape index (κ1) is 15.5. The third-order valence-electron chi connectivity index (χ3n) is 3.59. The summed E-state index contributed by atoms with van der Waals surface area (Å²) in [5.41, 5.74) is 2.64. The van der Waals surface area contributed by atoms with Crippen molar-refractivity contribution >= 4 is 12.4 Å². The van der Waals surface area contributed by atoms with Crippen molar-refractivity contribution in [3.63, 3.8) is 0 Å². The lowest BCUT2D eigenvalue weighted by atomic mass is 9.97. The maximum absolute atomic E-state index is 5.78. The summed E-state index contributed by atoms with van der Waals surface area (Å²) in [4.78, 5) is 0. The fourth-order valence-corrected chi connectivity index (χ4v) is 2.37. The maximum atomic E-state index is 5.78. The van der Waals surface area contributed by atoms with Crippen LogP contribution in [0.1, 0.15) is 30.4 Å². The predicted molar refractivity (Wildman–Crippen MR) is 78.3 cm³/mol. The number of piperidine rings is 1. The molecule has 0 radical (unpaired) electrons. The number of rotatable bonds is 5.